The molecule has 2 aliphatic rings. The molecule has 0 aromatic heterocycles. The van der Waals surface area contributed by atoms with Gasteiger partial charge in [-0.05, 0) is 54.1 Å². The molecule has 3 amide bonds. The molecule has 2 aliphatic heterocycles. The van der Waals surface area contributed by atoms with Crippen LogP contribution in [0, 0.1) is 5.82 Å². The van der Waals surface area contributed by atoms with Gasteiger partial charge in [0, 0.05) is 17.8 Å². The molecule has 198 valence electrons. The van der Waals surface area contributed by atoms with Crippen molar-refractivity contribution in [1.29, 1.82) is 0 Å². The van der Waals surface area contributed by atoms with Crippen LogP contribution in [0.25, 0.3) is 0 Å². The standard InChI is InChI=1S/C28H24FN5O4S/c1-38-20-12-10-19(11-13-20)31-25(36)16-39-28-32-22-5-3-2-4-21(22)26-33-27(37)23(34(26)28)14-24(35)30-15-17-6-8-18(29)9-7-17/h2-13,23H,14-16H2,1H3,(H,30,35)(H,31,36). The molecule has 3 aromatic carbocycles. The summed E-state index contributed by atoms with van der Waals surface area (Å²) in [5.41, 5.74) is 2.64. The molecule has 11 heteroatoms. The Kier molecular flexibility index (Phi) is 7.69. The van der Waals surface area contributed by atoms with E-state index in [2.05, 4.69) is 15.6 Å². The van der Waals surface area contributed by atoms with E-state index >= 15 is 0 Å². The molecular weight excluding hydrogens is 521 g/mol. The zero-order valence-electron chi connectivity index (χ0n) is 20.9. The highest BCUT2D eigenvalue weighted by molar-refractivity contribution is 8.14. The fraction of sp³-hybridized carbons (Fsp3) is 0.179. The van der Waals surface area contributed by atoms with Crippen molar-refractivity contribution in [3.63, 3.8) is 0 Å². The SMILES string of the molecule is COc1ccc(NC(=O)CSC2=Nc3ccccc3C3=NC(=O)C(CC(=O)NCc4ccc(F)cc4)N23)cc1. The first-order chi connectivity index (χ1) is 18.9. The number of methoxy groups -OCH3 is 1. The predicted molar refractivity (Wildman–Crippen MR) is 148 cm³/mol. The normalized spacial score (nSPS) is 15.6. The minimum atomic E-state index is -0.905. The van der Waals surface area contributed by atoms with Gasteiger partial charge in [0.25, 0.3) is 5.91 Å². The molecule has 0 saturated heterocycles. The number of nitrogens with one attached hydrogen (secondary N) is 2. The fourth-order valence-corrected chi connectivity index (χ4v) is 5.00. The lowest BCUT2D eigenvalue weighted by molar-refractivity contribution is -0.126. The fourth-order valence-electron chi connectivity index (χ4n) is 4.15. The zero-order valence-corrected chi connectivity index (χ0v) is 21.7. The Morgan fingerprint density at radius 3 is 2.49 bits per heavy atom. The number of ether oxygens (including phenoxy) is 1. The van der Waals surface area contributed by atoms with Gasteiger partial charge >= 0.3 is 0 Å². The number of carbonyl (C=O) groups excluding carboxylic acids is 3. The quantitative estimate of drug-likeness (QED) is 0.445. The van der Waals surface area contributed by atoms with Crippen LogP contribution in [0.2, 0.25) is 0 Å². The van der Waals surface area contributed by atoms with E-state index in [9.17, 15) is 18.8 Å². The highest BCUT2D eigenvalue weighted by Crippen LogP contribution is 2.35. The Labute approximate surface area is 228 Å². The summed E-state index contributed by atoms with van der Waals surface area (Å²) in [7, 11) is 1.57. The molecule has 3 aromatic rings. The van der Waals surface area contributed by atoms with Crippen LogP contribution in [-0.2, 0) is 20.9 Å². The number of thioether (sulfide) groups is 1. The Morgan fingerprint density at radius 1 is 1.00 bits per heavy atom. The Bertz CT molecular complexity index is 1470. The summed E-state index contributed by atoms with van der Waals surface area (Å²) in [5.74, 6) is -0.350. The first-order valence-corrected chi connectivity index (χ1v) is 13.1. The molecule has 9 nitrogen and oxygen atoms in total. The molecule has 0 spiro atoms. The van der Waals surface area contributed by atoms with Gasteiger partial charge in [-0.15, -0.1) is 0 Å². The molecule has 1 atom stereocenters. The molecule has 0 aliphatic carbocycles. The second-order valence-electron chi connectivity index (χ2n) is 8.74. The Balaban J connectivity index is 1.29. The van der Waals surface area contributed by atoms with Crippen molar-refractivity contribution in [1.82, 2.24) is 10.2 Å². The lowest BCUT2D eigenvalue weighted by Gasteiger charge is -2.30. The van der Waals surface area contributed by atoms with Gasteiger partial charge in [0.2, 0.25) is 11.8 Å². The van der Waals surface area contributed by atoms with Crippen LogP contribution in [0.3, 0.4) is 0 Å². The molecule has 0 saturated carbocycles. The number of rotatable bonds is 8. The van der Waals surface area contributed by atoms with Crippen LogP contribution >= 0.6 is 11.8 Å². The number of fused-ring (bicyclic) bond motifs is 3. The summed E-state index contributed by atoms with van der Waals surface area (Å²) in [4.78, 5) is 49.0. The monoisotopic (exact) mass is 545 g/mol. The maximum absolute atomic E-state index is 13.2. The van der Waals surface area contributed by atoms with E-state index in [4.69, 9.17) is 9.73 Å². The number of para-hydroxylation sites is 1. The van der Waals surface area contributed by atoms with Crippen LogP contribution in [-0.4, -0.2) is 52.5 Å². The van der Waals surface area contributed by atoms with Crippen LogP contribution in [0.5, 0.6) is 5.75 Å². The van der Waals surface area contributed by atoms with Crippen molar-refractivity contribution in [3.05, 3.63) is 89.7 Å². The largest absolute Gasteiger partial charge is 0.497 e. The predicted octanol–water partition coefficient (Wildman–Crippen LogP) is 3.87. The number of halogens is 1. The molecule has 0 fully saturated rings. The molecular formula is C28H24FN5O4S. The number of nitrogens with zero attached hydrogens (tertiary/aromatic N) is 3. The first-order valence-electron chi connectivity index (χ1n) is 12.1. The van der Waals surface area contributed by atoms with Gasteiger partial charge in [0.1, 0.15) is 23.4 Å². The Hall–Kier alpha value is -4.51. The van der Waals surface area contributed by atoms with Crippen molar-refractivity contribution < 1.29 is 23.5 Å². The summed E-state index contributed by atoms with van der Waals surface area (Å²) < 4.78 is 18.3. The topological polar surface area (TPSA) is 112 Å². The second kappa shape index (κ2) is 11.5. The zero-order chi connectivity index (χ0) is 27.4. The summed E-state index contributed by atoms with van der Waals surface area (Å²) in [6.45, 7) is 0.192. The van der Waals surface area contributed by atoms with Gasteiger partial charge in [0.15, 0.2) is 5.17 Å². The van der Waals surface area contributed by atoms with E-state index in [-0.39, 0.29) is 36.4 Å². The van der Waals surface area contributed by atoms with Crippen molar-refractivity contribution in [2.75, 3.05) is 18.2 Å². The van der Waals surface area contributed by atoms with Gasteiger partial charge in [-0.25, -0.2) is 9.38 Å². The third-order valence-corrected chi connectivity index (χ3v) is 7.05. The minimum absolute atomic E-state index is 0.0223. The van der Waals surface area contributed by atoms with E-state index in [0.717, 1.165) is 17.3 Å². The Morgan fingerprint density at radius 2 is 1.74 bits per heavy atom. The number of benzene rings is 3. The maximum Gasteiger partial charge on any atom is 0.271 e. The van der Waals surface area contributed by atoms with E-state index < -0.39 is 11.9 Å². The maximum atomic E-state index is 13.2. The van der Waals surface area contributed by atoms with E-state index in [1.165, 1.54) is 12.1 Å². The molecule has 5 rings (SSSR count). The number of anilines is 1. The molecule has 0 radical (unpaired) electrons. The van der Waals surface area contributed by atoms with Crippen molar-refractivity contribution in [2.45, 2.75) is 19.0 Å². The van der Waals surface area contributed by atoms with Gasteiger partial charge in [-0.2, -0.15) is 4.99 Å². The minimum Gasteiger partial charge on any atom is -0.497 e. The lowest BCUT2D eigenvalue weighted by Crippen LogP contribution is -2.46. The molecule has 1 unspecified atom stereocenters. The van der Waals surface area contributed by atoms with Crippen LogP contribution in [0.1, 0.15) is 17.5 Å². The van der Waals surface area contributed by atoms with Crippen molar-refractivity contribution in [2.24, 2.45) is 9.98 Å². The summed E-state index contributed by atoms with van der Waals surface area (Å²) >= 11 is 1.16. The lowest BCUT2D eigenvalue weighted by atomic mass is 10.1. The van der Waals surface area contributed by atoms with E-state index in [0.29, 0.717) is 33.7 Å². The number of amides is 3. The second-order valence-corrected chi connectivity index (χ2v) is 9.69. The average Bonchev–Trinajstić information content (AvgIpc) is 3.27. The number of carbonyl (C=O) groups is 3. The molecule has 0 bridgehead atoms. The van der Waals surface area contributed by atoms with E-state index in [1.807, 2.05) is 18.2 Å². The van der Waals surface area contributed by atoms with Crippen LogP contribution in [0.15, 0.2) is 82.8 Å². The van der Waals surface area contributed by atoms with Crippen molar-refractivity contribution >= 4 is 51.9 Å². The van der Waals surface area contributed by atoms with Crippen LogP contribution < -0.4 is 15.4 Å². The number of amidine groups is 2. The van der Waals surface area contributed by atoms with Crippen LogP contribution in [0.4, 0.5) is 15.8 Å². The van der Waals surface area contributed by atoms with E-state index in [1.54, 1.807) is 54.5 Å². The third kappa shape index (κ3) is 5.99. The molecule has 39 heavy (non-hydrogen) atoms. The number of aliphatic imine (C=N–C) groups is 2. The molecule has 2 N–H and O–H groups in total. The summed E-state index contributed by atoms with van der Waals surface area (Å²) in [6.07, 6.45) is -0.160. The highest BCUT2D eigenvalue weighted by Gasteiger charge is 2.42. The molecule has 2 heterocycles. The first kappa shape index (κ1) is 26.1. The van der Waals surface area contributed by atoms with Gasteiger partial charge < -0.3 is 15.4 Å². The van der Waals surface area contributed by atoms with Gasteiger partial charge in [-0.3, -0.25) is 19.3 Å². The number of hydrogen-bond acceptors (Lipinski definition) is 7. The van der Waals surface area contributed by atoms with Gasteiger partial charge in [-0.1, -0.05) is 36.0 Å². The summed E-state index contributed by atoms with van der Waals surface area (Å²) in [5, 5.41) is 6.00. The smallest absolute Gasteiger partial charge is 0.271 e. The highest BCUT2D eigenvalue weighted by atomic mass is 32.2. The third-order valence-electron chi connectivity index (χ3n) is 6.10. The van der Waals surface area contributed by atoms with Gasteiger partial charge in [0.05, 0.1) is 25.0 Å². The number of hydrogen-bond donors (Lipinski definition) is 2. The average molecular weight is 546 g/mol. The summed E-state index contributed by atoms with van der Waals surface area (Å²) in [6, 6.07) is 19.1. The van der Waals surface area contributed by atoms with Crippen molar-refractivity contribution in [3.8, 4) is 5.75 Å².